The lowest BCUT2D eigenvalue weighted by Gasteiger charge is -2.30. The van der Waals surface area contributed by atoms with E-state index in [1.165, 1.54) is 43.4 Å². The summed E-state index contributed by atoms with van der Waals surface area (Å²) in [6.07, 6.45) is 6.60. The second-order valence-corrected chi connectivity index (χ2v) is 5.95. The predicted molar refractivity (Wildman–Crippen MR) is 69.6 cm³/mol. The van der Waals surface area contributed by atoms with Crippen molar-refractivity contribution in [2.24, 2.45) is 0 Å². The zero-order valence-electron chi connectivity index (χ0n) is 10.2. The Morgan fingerprint density at radius 1 is 1.41 bits per heavy atom. The molecule has 17 heavy (non-hydrogen) atoms. The molecule has 1 fully saturated rings. The van der Waals surface area contributed by atoms with Gasteiger partial charge in [-0.2, -0.15) is 0 Å². The van der Waals surface area contributed by atoms with Crippen molar-refractivity contribution in [1.29, 1.82) is 0 Å². The minimum absolute atomic E-state index is 0.442. The van der Waals surface area contributed by atoms with Crippen molar-refractivity contribution >= 4 is 17.3 Å². The summed E-state index contributed by atoms with van der Waals surface area (Å²) < 4.78 is 0. The predicted octanol–water partition coefficient (Wildman–Crippen LogP) is 3.21. The van der Waals surface area contributed by atoms with Gasteiger partial charge in [0.25, 0.3) is 0 Å². The Hall–Kier alpha value is -0.870. The molecule has 0 aliphatic heterocycles. The van der Waals surface area contributed by atoms with Crippen LogP contribution in [0.15, 0.2) is 12.1 Å². The molecule has 0 saturated heterocycles. The third kappa shape index (κ3) is 3.30. The number of carbonyl (C=O) groups is 1. The molecule has 4 heteroatoms. The van der Waals surface area contributed by atoms with Crippen LogP contribution >= 0.6 is 11.3 Å². The second-order valence-electron chi connectivity index (χ2n) is 4.78. The fraction of sp³-hybridized carbons (Fsp3) is 0.615. The Balaban J connectivity index is 1.92. The van der Waals surface area contributed by atoms with Gasteiger partial charge in [0.2, 0.25) is 0 Å². The molecule has 1 saturated carbocycles. The molecule has 0 spiro atoms. The van der Waals surface area contributed by atoms with Crippen LogP contribution in [0, 0.1) is 0 Å². The van der Waals surface area contributed by atoms with Crippen LogP contribution in [0.1, 0.15) is 46.7 Å². The van der Waals surface area contributed by atoms with E-state index in [4.69, 9.17) is 5.11 Å². The minimum Gasteiger partial charge on any atom is -0.477 e. The summed E-state index contributed by atoms with van der Waals surface area (Å²) in [5, 5.41) is 8.88. The Labute approximate surface area is 106 Å². The van der Waals surface area contributed by atoms with Gasteiger partial charge in [0.05, 0.1) is 0 Å². The van der Waals surface area contributed by atoms with Crippen molar-refractivity contribution in [2.75, 3.05) is 7.05 Å². The summed E-state index contributed by atoms with van der Waals surface area (Å²) >= 11 is 1.39. The van der Waals surface area contributed by atoms with Crippen LogP contribution in [0.3, 0.4) is 0 Å². The molecule has 0 atom stereocenters. The van der Waals surface area contributed by atoms with E-state index in [0.29, 0.717) is 10.9 Å². The molecule has 94 valence electrons. The molecule has 0 bridgehead atoms. The maximum Gasteiger partial charge on any atom is 0.345 e. The first-order chi connectivity index (χ1) is 8.16. The standard InChI is InChI=1S/C13H19NO2S/c1-14(10-5-3-2-4-6-10)9-11-7-8-12(17-11)13(15)16/h7-8,10H,2-6,9H2,1H3,(H,15,16). The summed E-state index contributed by atoms with van der Waals surface area (Å²) in [4.78, 5) is 14.8. The maximum absolute atomic E-state index is 10.8. The van der Waals surface area contributed by atoms with Crippen molar-refractivity contribution in [3.8, 4) is 0 Å². The fourth-order valence-corrected chi connectivity index (χ4v) is 3.38. The van der Waals surface area contributed by atoms with E-state index in [1.54, 1.807) is 6.07 Å². The number of carboxylic acids is 1. The van der Waals surface area contributed by atoms with Gasteiger partial charge in [-0.1, -0.05) is 19.3 Å². The molecule has 0 amide bonds. The molecule has 1 N–H and O–H groups in total. The van der Waals surface area contributed by atoms with Crippen LogP contribution in [-0.4, -0.2) is 29.1 Å². The van der Waals surface area contributed by atoms with Gasteiger partial charge in [0, 0.05) is 17.5 Å². The molecule has 1 aliphatic carbocycles. The molecule has 1 aliphatic rings. The van der Waals surface area contributed by atoms with Crippen LogP contribution in [0.5, 0.6) is 0 Å². The molecule has 3 nitrogen and oxygen atoms in total. The number of thiophene rings is 1. The lowest BCUT2D eigenvalue weighted by atomic mass is 9.94. The summed E-state index contributed by atoms with van der Waals surface area (Å²) in [5.41, 5.74) is 0. The van der Waals surface area contributed by atoms with Gasteiger partial charge in [0.1, 0.15) is 4.88 Å². The van der Waals surface area contributed by atoms with Crippen LogP contribution in [0.4, 0.5) is 0 Å². The fourth-order valence-electron chi connectivity index (χ4n) is 2.47. The normalized spacial score (nSPS) is 17.5. The Morgan fingerprint density at radius 2 is 2.12 bits per heavy atom. The van der Waals surface area contributed by atoms with Crippen LogP contribution in [0.25, 0.3) is 0 Å². The molecule has 0 radical (unpaired) electrons. The van der Waals surface area contributed by atoms with E-state index < -0.39 is 5.97 Å². The quantitative estimate of drug-likeness (QED) is 0.895. The highest BCUT2D eigenvalue weighted by Crippen LogP contribution is 2.24. The van der Waals surface area contributed by atoms with Crippen molar-refractivity contribution in [3.05, 3.63) is 21.9 Å². The van der Waals surface area contributed by atoms with Crippen molar-refractivity contribution in [1.82, 2.24) is 4.90 Å². The largest absolute Gasteiger partial charge is 0.477 e. The number of hydrogen-bond donors (Lipinski definition) is 1. The van der Waals surface area contributed by atoms with E-state index in [9.17, 15) is 4.79 Å². The smallest absolute Gasteiger partial charge is 0.345 e. The molecular formula is C13H19NO2S. The monoisotopic (exact) mass is 253 g/mol. The van der Waals surface area contributed by atoms with Gasteiger partial charge in [-0.15, -0.1) is 11.3 Å². The lowest BCUT2D eigenvalue weighted by molar-refractivity contribution is 0.0702. The second kappa shape index (κ2) is 5.65. The van der Waals surface area contributed by atoms with E-state index in [1.807, 2.05) is 6.07 Å². The zero-order chi connectivity index (χ0) is 12.3. The lowest BCUT2D eigenvalue weighted by Crippen LogP contribution is -2.32. The van der Waals surface area contributed by atoms with Crippen LogP contribution in [0.2, 0.25) is 0 Å². The molecule has 0 aromatic carbocycles. The van der Waals surface area contributed by atoms with Gasteiger partial charge < -0.3 is 5.11 Å². The Morgan fingerprint density at radius 3 is 2.71 bits per heavy atom. The van der Waals surface area contributed by atoms with Crippen LogP contribution in [-0.2, 0) is 6.54 Å². The minimum atomic E-state index is -0.818. The topological polar surface area (TPSA) is 40.5 Å². The number of hydrogen-bond acceptors (Lipinski definition) is 3. The summed E-state index contributed by atoms with van der Waals surface area (Å²) in [6.45, 7) is 0.878. The van der Waals surface area contributed by atoms with Crippen LogP contribution < -0.4 is 0 Å². The summed E-state index contributed by atoms with van der Waals surface area (Å²) in [7, 11) is 2.15. The summed E-state index contributed by atoms with van der Waals surface area (Å²) in [5.74, 6) is -0.818. The van der Waals surface area contributed by atoms with Gasteiger partial charge in [-0.25, -0.2) is 4.79 Å². The van der Waals surface area contributed by atoms with Gasteiger partial charge in [-0.3, -0.25) is 4.90 Å². The number of nitrogens with zero attached hydrogens (tertiary/aromatic N) is 1. The first-order valence-corrected chi connectivity index (χ1v) is 7.00. The number of carboxylic acid groups (broad SMARTS) is 1. The maximum atomic E-state index is 10.8. The van der Waals surface area contributed by atoms with E-state index in [2.05, 4.69) is 11.9 Å². The van der Waals surface area contributed by atoms with Crippen molar-refractivity contribution in [3.63, 3.8) is 0 Å². The van der Waals surface area contributed by atoms with E-state index in [-0.39, 0.29) is 0 Å². The molecular weight excluding hydrogens is 234 g/mol. The highest BCUT2D eigenvalue weighted by molar-refractivity contribution is 7.13. The average molecular weight is 253 g/mol. The van der Waals surface area contributed by atoms with Gasteiger partial charge >= 0.3 is 5.97 Å². The summed E-state index contributed by atoms with van der Waals surface area (Å²) in [6, 6.07) is 4.32. The third-order valence-corrected chi connectivity index (χ3v) is 4.53. The molecule has 0 unspecified atom stereocenters. The highest BCUT2D eigenvalue weighted by atomic mass is 32.1. The zero-order valence-corrected chi connectivity index (χ0v) is 11.0. The molecule has 1 aromatic heterocycles. The Bertz CT molecular complexity index is 383. The highest BCUT2D eigenvalue weighted by Gasteiger charge is 2.18. The Kier molecular flexibility index (Phi) is 4.18. The average Bonchev–Trinajstić information content (AvgIpc) is 2.79. The number of rotatable bonds is 4. The molecule has 1 heterocycles. The van der Waals surface area contributed by atoms with Gasteiger partial charge in [-0.05, 0) is 32.0 Å². The first-order valence-electron chi connectivity index (χ1n) is 6.19. The first kappa shape index (κ1) is 12.6. The van der Waals surface area contributed by atoms with E-state index in [0.717, 1.165) is 11.4 Å². The SMILES string of the molecule is CN(Cc1ccc(C(=O)O)s1)C1CCCCC1. The number of aromatic carboxylic acids is 1. The molecule has 1 aromatic rings. The third-order valence-electron chi connectivity index (χ3n) is 3.48. The van der Waals surface area contributed by atoms with Crippen molar-refractivity contribution in [2.45, 2.75) is 44.7 Å². The molecule has 2 rings (SSSR count). The van der Waals surface area contributed by atoms with Crippen molar-refractivity contribution < 1.29 is 9.90 Å². The van der Waals surface area contributed by atoms with Gasteiger partial charge in [0.15, 0.2) is 0 Å². The van der Waals surface area contributed by atoms with E-state index >= 15 is 0 Å².